The highest BCUT2D eigenvalue weighted by Gasteiger charge is 2.17. The Balaban J connectivity index is 1.92. The topological polar surface area (TPSA) is 21.3 Å². The van der Waals surface area contributed by atoms with E-state index in [1.54, 1.807) is 0 Å². The Bertz CT molecular complexity index is 102. The average Bonchev–Trinajstić information content (AvgIpc) is 1.85. The highest BCUT2D eigenvalue weighted by atomic mass is 16.5. The van der Waals surface area contributed by atoms with Crippen molar-refractivity contribution in [1.29, 1.82) is 0 Å². The number of rotatable bonds is 5. The Labute approximate surface area is 69.3 Å². The maximum Gasteiger partial charge on any atom is 0.0823 e. The highest BCUT2D eigenvalue weighted by Crippen LogP contribution is 2.08. The molecule has 0 spiro atoms. The Hall–Kier alpha value is -0.0800. The van der Waals surface area contributed by atoms with Gasteiger partial charge < -0.3 is 10.1 Å². The summed E-state index contributed by atoms with van der Waals surface area (Å²) in [6.45, 7) is 7.54. The van der Waals surface area contributed by atoms with Crippen LogP contribution in [0.4, 0.5) is 0 Å². The van der Waals surface area contributed by atoms with E-state index in [0.29, 0.717) is 6.10 Å². The van der Waals surface area contributed by atoms with Crippen LogP contribution in [-0.2, 0) is 4.74 Å². The number of ether oxygens (including phenoxy) is 1. The third kappa shape index (κ3) is 3.21. The highest BCUT2D eigenvalue weighted by molar-refractivity contribution is 4.74. The largest absolute Gasteiger partial charge is 0.375 e. The lowest BCUT2D eigenvalue weighted by Crippen LogP contribution is -2.48. The molecular weight excluding hydrogens is 138 g/mol. The van der Waals surface area contributed by atoms with Gasteiger partial charge in [-0.25, -0.2) is 0 Å². The van der Waals surface area contributed by atoms with E-state index in [-0.39, 0.29) is 0 Å². The van der Waals surface area contributed by atoms with E-state index >= 15 is 0 Å². The predicted molar refractivity (Wildman–Crippen MR) is 46.7 cm³/mol. The molecule has 1 unspecified atom stereocenters. The molecule has 1 fully saturated rings. The van der Waals surface area contributed by atoms with Crippen LogP contribution in [0.1, 0.15) is 26.7 Å². The van der Waals surface area contributed by atoms with Gasteiger partial charge in [0.2, 0.25) is 0 Å². The molecule has 0 bridgehead atoms. The Morgan fingerprint density at radius 3 is 2.73 bits per heavy atom. The fourth-order valence-corrected chi connectivity index (χ4v) is 1.26. The first kappa shape index (κ1) is 9.01. The van der Waals surface area contributed by atoms with Gasteiger partial charge >= 0.3 is 0 Å². The van der Waals surface area contributed by atoms with Crippen LogP contribution in [0.2, 0.25) is 0 Å². The van der Waals surface area contributed by atoms with Gasteiger partial charge in [0.1, 0.15) is 0 Å². The molecule has 1 heterocycles. The van der Waals surface area contributed by atoms with Crippen molar-refractivity contribution in [3.63, 3.8) is 0 Å². The van der Waals surface area contributed by atoms with E-state index in [1.807, 2.05) is 0 Å². The molecule has 0 aliphatic carbocycles. The van der Waals surface area contributed by atoms with E-state index in [4.69, 9.17) is 4.74 Å². The Morgan fingerprint density at radius 2 is 2.27 bits per heavy atom. The maximum absolute atomic E-state index is 5.63. The second-order valence-electron chi connectivity index (χ2n) is 3.51. The summed E-state index contributed by atoms with van der Waals surface area (Å²) >= 11 is 0. The van der Waals surface area contributed by atoms with Gasteiger partial charge in [0.05, 0.1) is 6.10 Å². The smallest absolute Gasteiger partial charge is 0.0823 e. The van der Waals surface area contributed by atoms with Crippen LogP contribution >= 0.6 is 0 Å². The van der Waals surface area contributed by atoms with Gasteiger partial charge in [0, 0.05) is 19.7 Å². The summed E-state index contributed by atoms with van der Waals surface area (Å²) in [5.74, 6) is 0.737. The van der Waals surface area contributed by atoms with Crippen molar-refractivity contribution in [1.82, 2.24) is 5.32 Å². The third-order valence-electron chi connectivity index (χ3n) is 2.14. The van der Waals surface area contributed by atoms with Gasteiger partial charge in [0.15, 0.2) is 0 Å². The van der Waals surface area contributed by atoms with Crippen LogP contribution in [0.15, 0.2) is 0 Å². The van der Waals surface area contributed by atoms with E-state index < -0.39 is 0 Å². The summed E-state index contributed by atoms with van der Waals surface area (Å²) in [6.07, 6.45) is 3.07. The molecule has 0 aromatic heterocycles. The van der Waals surface area contributed by atoms with Gasteiger partial charge in [-0.1, -0.05) is 20.3 Å². The van der Waals surface area contributed by atoms with Crippen LogP contribution in [0.5, 0.6) is 0 Å². The molecule has 1 atom stereocenters. The molecular formula is C9H19NO. The number of nitrogens with one attached hydrogen (secondary N) is 1. The monoisotopic (exact) mass is 157 g/mol. The zero-order valence-electron chi connectivity index (χ0n) is 7.60. The van der Waals surface area contributed by atoms with E-state index in [1.165, 1.54) is 12.8 Å². The van der Waals surface area contributed by atoms with Gasteiger partial charge in [0.25, 0.3) is 0 Å². The quantitative estimate of drug-likeness (QED) is 0.651. The first-order valence-corrected chi connectivity index (χ1v) is 4.65. The Morgan fingerprint density at radius 1 is 1.55 bits per heavy atom. The molecule has 0 radical (unpaired) electrons. The molecule has 0 saturated carbocycles. The molecule has 0 amide bonds. The SMILES string of the molecule is CCCC(C)COC1CNC1. The molecule has 66 valence electrons. The molecule has 1 aliphatic heterocycles. The molecule has 1 aliphatic rings. The lowest BCUT2D eigenvalue weighted by Gasteiger charge is -2.28. The van der Waals surface area contributed by atoms with Crippen molar-refractivity contribution in [2.24, 2.45) is 5.92 Å². The lowest BCUT2D eigenvalue weighted by molar-refractivity contribution is 0.000843. The minimum Gasteiger partial charge on any atom is -0.375 e. The molecule has 11 heavy (non-hydrogen) atoms. The molecule has 1 N–H and O–H groups in total. The maximum atomic E-state index is 5.63. The second kappa shape index (κ2) is 4.73. The van der Waals surface area contributed by atoms with Crippen molar-refractivity contribution >= 4 is 0 Å². The summed E-state index contributed by atoms with van der Waals surface area (Å²) < 4.78 is 5.63. The van der Waals surface area contributed by atoms with Gasteiger partial charge in [-0.3, -0.25) is 0 Å². The lowest BCUT2D eigenvalue weighted by atomic mass is 10.1. The minimum absolute atomic E-state index is 0.509. The van der Waals surface area contributed by atoms with Crippen molar-refractivity contribution < 1.29 is 4.74 Å². The van der Waals surface area contributed by atoms with Gasteiger partial charge in [-0.05, 0) is 12.3 Å². The van der Waals surface area contributed by atoms with Crippen LogP contribution < -0.4 is 5.32 Å². The van der Waals surface area contributed by atoms with Crippen LogP contribution in [0, 0.1) is 5.92 Å². The van der Waals surface area contributed by atoms with Gasteiger partial charge in [-0.15, -0.1) is 0 Å². The van der Waals surface area contributed by atoms with Crippen molar-refractivity contribution in [3.8, 4) is 0 Å². The predicted octanol–water partition coefficient (Wildman–Crippen LogP) is 1.41. The first-order valence-electron chi connectivity index (χ1n) is 4.65. The summed E-state index contributed by atoms with van der Waals surface area (Å²) in [5.41, 5.74) is 0. The van der Waals surface area contributed by atoms with Crippen molar-refractivity contribution in [2.75, 3.05) is 19.7 Å². The zero-order valence-corrected chi connectivity index (χ0v) is 7.60. The summed E-state index contributed by atoms with van der Waals surface area (Å²) in [4.78, 5) is 0. The molecule has 1 saturated heterocycles. The first-order chi connectivity index (χ1) is 5.33. The van der Waals surface area contributed by atoms with Crippen molar-refractivity contribution in [2.45, 2.75) is 32.8 Å². The summed E-state index contributed by atoms with van der Waals surface area (Å²) in [6, 6.07) is 0. The number of hydrogen-bond acceptors (Lipinski definition) is 2. The van der Waals surface area contributed by atoms with E-state index in [0.717, 1.165) is 25.6 Å². The van der Waals surface area contributed by atoms with Crippen LogP contribution in [0.25, 0.3) is 0 Å². The van der Waals surface area contributed by atoms with Crippen LogP contribution in [0.3, 0.4) is 0 Å². The summed E-state index contributed by atoms with van der Waals surface area (Å²) in [7, 11) is 0. The molecule has 0 aromatic rings. The zero-order chi connectivity index (χ0) is 8.10. The molecule has 0 aromatic carbocycles. The fourth-order valence-electron chi connectivity index (χ4n) is 1.26. The van der Waals surface area contributed by atoms with Crippen LogP contribution in [-0.4, -0.2) is 25.8 Å². The average molecular weight is 157 g/mol. The minimum atomic E-state index is 0.509. The van der Waals surface area contributed by atoms with E-state index in [9.17, 15) is 0 Å². The summed E-state index contributed by atoms with van der Waals surface area (Å²) in [5, 5.41) is 3.19. The number of hydrogen-bond donors (Lipinski definition) is 1. The van der Waals surface area contributed by atoms with Crippen molar-refractivity contribution in [3.05, 3.63) is 0 Å². The normalized spacial score (nSPS) is 21.3. The third-order valence-corrected chi connectivity index (χ3v) is 2.14. The molecule has 2 nitrogen and oxygen atoms in total. The molecule has 1 rings (SSSR count). The molecule has 2 heteroatoms. The van der Waals surface area contributed by atoms with E-state index in [2.05, 4.69) is 19.2 Å². The standard InChI is InChI=1S/C9H19NO/c1-3-4-8(2)7-11-9-5-10-6-9/h8-10H,3-7H2,1-2H3. The van der Waals surface area contributed by atoms with Gasteiger partial charge in [-0.2, -0.15) is 0 Å². The second-order valence-corrected chi connectivity index (χ2v) is 3.51. The fraction of sp³-hybridized carbons (Fsp3) is 1.00. The Kier molecular flexibility index (Phi) is 3.87.